The second-order valence-corrected chi connectivity index (χ2v) is 5.21. The third-order valence-corrected chi connectivity index (χ3v) is 3.78. The van der Waals surface area contributed by atoms with Crippen LogP contribution in [0.15, 0.2) is 24.3 Å². The van der Waals surface area contributed by atoms with E-state index in [0.29, 0.717) is 6.54 Å². The zero-order valence-corrected chi connectivity index (χ0v) is 11.8. The molecular formula is C15H21N3O2. The van der Waals surface area contributed by atoms with Gasteiger partial charge in [-0.2, -0.15) is 0 Å². The SMILES string of the molecule is Cc1ccccc1C(=O)N1CCCCC1CNC(N)=O. The van der Waals surface area contributed by atoms with Crippen LogP contribution in [0, 0.1) is 6.92 Å². The summed E-state index contributed by atoms with van der Waals surface area (Å²) in [5, 5.41) is 2.61. The van der Waals surface area contributed by atoms with Crippen LogP contribution in [0.1, 0.15) is 35.2 Å². The van der Waals surface area contributed by atoms with E-state index >= 15 is 0 Å². The Hall–Kier alpha value is -2.04. The first-order valence-corrected chi connectivity index (χ1v) is 6.99. The van der Waals surface area contributed by atoms with Crippen LogP contribution in [0.25, 0.3) is 0 Å². The van der Waals surface area contributed by atoms with Crippen molar-refractivity contribution in [3.63, 3.8) is 0 Å². The third kappa shape index (κ3) is 3.29. The van der Waals surface area contributed by atoms with E-state index in [1.807, 2.05) is 36.1 Å². The van der Waals surface area contributed by atoms with Crippen LogP contribution in [0.4, 0.5) is 4.79 Å². The highest BCUT2D eigenvalue weighted by molar-refractivity contribution is 5.95. The fraction of sp³-hybridized carbons (Fsp3) is 0.467. The van der Waals surface area contributed by atoms with Gasteiger partial charge in [-0.1, -0.05) is 18.2 Å². The minimum Gasteiger partial charge on any atom is -0.352 e. The Balaban J connectivity index is 2.13. The number of nitrogens with two attached hydrogens (primary N) is 1. The van der Waals surface area contributed by atoms with Crippen LogP contribution in [0.2, 0.25) is 0 Å². The fourth-order valence-corrected chi connectivity index (χ4v) is 2.67. The van der Waals surface area contributed by atoms with Gasteiger partial charge in [0, 0.05) is 24.7 Å². The zero-order chi connectivity index (χ0) is 14.5. The van der Waals surface area contributed by atoms with Crippen molar-refractivity contribution in [2.45, 2.75) is 32.2 Å². The molecular weight excluding hydrogens is 254 g/mol. The number of piperidine rings is 1. The van der Waals surface area contributed by atoms with Gasteiger partial charge in [0.25, 0.3) is 5.91 Å². The lowest BCUT2D eigenvalue weighted by atomic mass is 9.99. The van der Waals surface area contributed by atoms with Crippen molar-refractivity contribution >= 4 is 11.9 Å². The molecule has 3 amide bonds. The zero-order valence-electron chi connectivity index (χ0n) is 11.8. The van der Waals surface area contributed by atoms with E-state index in [2.05, 4.69) is 5.32 Å². The maximum Gasteiger partial charge on any atom is 0.312 e. The van der Waals surface area contributed by atoms with Crippen molar-refractivity contribution in [2.24, 2.45) is 5.73 Å². The summed E-state index contributed by atoms with van der Waals surface area (Å²) in [7, 11) is 0. The number of aryl methyl sites for hydroxylation is 1. The highest BCUT2D eigenvalue weighted by Crippen LogP contribution is 2.20. The Morgan fingerprint density at radius 1 is 1.35 bits per heavy atom. The van der Waals surface area contributed by atoms with Crippen molar-refractivity contribution in [2.75, 3.05) is 13.1 Å². The molecule has 1 saturated heterocycles. The first-order valence-electron chi connectivity index (χ1n) is 6.99. The van der Waals surface area contributed by atoms with Crippen LogP contribution in [-0.4, -0.2) is 36.0 Å². The Kier molecular flexibility index (Phi) is 4.61. The molecule has 108 valence electrons. The molecule has 1 aromatic carbocycles. The van der Waals surface area contributed by atoms with E-state index in [1.165, 1.54) is 0 Å². The molecule has 0 radical (unpaired) electrons. The predicted molar refractivity (Wildman–Crippen MR) is 77.4 cm³/mol. The molecule has 2 rings (SSSR count). The third-order valence-electron chi connectivity index (χ3n) is 3.78. The normalized spacial score (nSPS) is 18.6. The van der Waals surface area contributed by atoms with Crippen LogP contribution >= 0.6 is 0 Å². The van der Waals surface area contributed by atoms with E-state index in [-0.39, 0.29) is 11.9 Å². The van der Waals surface area contributed by atoms with E-state index in [1.54, 1.807) is 0 Å². The van der Waals surface area contributed by atoms with Gasteiger partial charge in [-0.15, -0.1) is 0 Å². The van der Waals surface area contributed by atoms with Crippen molar-refractivity contribution in [3.05, 3.63) is 35.4 Å². The van der Waals surface area contributed by atoms with Crippen molar-refractivity contribution in [1.29, 1.82) is 0 Å². The first-order chi connectivity index (χ1) is 9.59. The number of hydrogen-bond acceptors (Lipinski definition) is 2. The average molecular weight is 275 g/mol. The van der Waals surface area contributed by atoms with E-state index < -0.39 is 6.03 Å². The van der Waals surface area contributed by atoms with Crippen LogP contribution in [-0.2, 0) is 0 Å². The molecule has 1 aliphatic heterocycles. The predicted octanol–water partition coefficient (Wildman–Crippen LogP) is 1.66. The molecule has 1 aliphatic rings. The summed E-state index contributed by atoms with van der Waals surface area (Å²) in [6, 6.07) is 7.08. The molecule has 0 saturated carbocycles. The summed E-state index contributed by atoms with van der Waals surface area (Å²) >= 11 is 0. The smallest absolute Gasteiger partial charge is 0.312 e. The van der Waals surface area contributed by atoms with Crippen LogP contribution < -0.4 is 11.1 Å². The lowest BCUT2D eigenvalue weighted by Crippen LogP contribution is -2.50. The summed E-state index contributed by atoms with van der Waals surface area (Å²) in [4.78, 5) is 25.4. The summed E-state index contributed by atoms with van der Waals surface area (Å²) < 4.78 is 0. The molecule has 5 nitrogen and oxygen atoms in total. The van der Waals surface area contributed by atoms with Gasteiger partial charge < -0.3 is 16.0 Å². The summed E-state index contributed by atoms with van der Waals surface area (Å²) in [5.41, 5.74) is 6.82. The van der Waals surface area contributed by atoms with E-state index in [4.69, 9.17) is 5.73 Å². The number of nitrogens with zero attached hydrogens (tertiary/aromatic N) is 1. The van der Waals surface area contributed by atoms with Gasteiger partial charge in [-0.3, -0.25) is 4.79 Å². The quantitative estimate of drug-likeness (QED) is 0.880. The minimum atomic E-state index is -0.543. The van der Waals surface area contributed by atoms with Crippen LogP contribution in [0.5, 0.6) is 0 Å². The van der Waals surface area contributed by atoms with Crippen molar-refractivity contribution in [1.82, 2.24) is 10.2 Å². The average Bonchev–Trinajstić information content (AvgIpc) is 2.45. The minimum absolute atomic E-state index is 0.0309. The van der Waals surface area contributed by atoms with Crippen LogP contribution in [0.3, 0.4) is 0 Å². The molecule has 0 aromatic heterocycles. The molecule has 0 spiro atoms. The maximum atomic E-state index is 12.7. The number of urea groups is 1. The maximum absolute atomic E-state index is 12.7. The van der Waals surface area contributed by atoms with E-state index in [9.17, 15) is 9.59 Å². The number of primary amides is 1. The molecule has 1 unspecified atom stereocenters. The Morgan fingerprint density at radius 2 is 2.10 bits per heavy atom. The van der Waals surface area contributed by atoms with Gasteiger partial charge in [-0.25, -0.2) is 4.79 Å². The first kappa shape index (κ1) is 14.4. The molecule has 1 heterocycles. The molecule has 5 heteroatoms. The van der Waals surface area contributed by atoms with Gasteiger partial charge in [0.2, 0.25) is 0 Å². The number of benzene rings is 1. The summed E-state index contributed by atoms with van der Waals surface area (Å²) in [5.74, 6) is 0.0408. The number of likely N-dealkylation sites (tertiary alicyclic amines) is 1. The van der Waals surface area contributed by atoms with Gasteiger partial charge >= 0.3 is 6.03 Å². The van der Waals surface area contributed by atoms with E-state index in [0.717, 1.165) is 36.9 Å². The Morgan fingerprint density at radius 3 is 2.80 bits per heavy atom. The number of amides is 3. The van der Waals surface area contributed by atoms with Crippen molar-refractivity contribution in [3.8, 4) is 0 Å². The summed E-state index contributed by atoms with van der Waals surface area (Å²) in [6.45, 7) is 3.10. The Labute approximate surface area is 119 Å². The topological polar surface area (TPSA) is 75.4 Å². The largest absolute Gasteiger partial charge is 0.352 e. The molecule has 1 atom stereocenters. The number of rotatable bonds is 3. The Bertz CT molecular complexity index is 502. The van der Waals surface area contributed by atoms with Crippen molar-refractivity contribution < 1.29 is 9.59 Å². The highest BCUT2D eigenvalue weighted by atomic mass is 16.2. The number of nitrogens with one attached hydrogen (secondary N) is 1. The van der Waals surface area contributed by atoms with Gasteiger partial charge in [0.1, 0.15) is 0 Å². The van der Waals surface area contributed by atoms with Gasteiger partial charge in [0.15, 0.2) is 0 Å². The summed E-state index contributed by atoms with van der Waals surface area (Å²) in [6.07, 6.45) is 2.98. The molecule has 1 aromatic rings. The number of hydrogen-bond donors (Lipinski definition) is 2. The second-order valence-electron chi connectivity index (χ2n) is 5.21. The monoisotopic (exact) mass is 275 g/mol. The highest BCUT2D eigenvalue weighted by Gasteiger charge is 2.28. The fourth-order valence-electron chi connectivity index (χ4n) is 2.67. The molecule has 3 N–H and O–H groups in total. The molecule has 0 aliphatic carbocycles. The molecule has 1 fully saturated rings. The lowest BCUT2D eigenvalue weighted by molar-refractivity contribution is 0.0614. The molecule has 0 bridgehead atoms. The second kappa shape index (κ2) is 6.41. The lowest BCUT2D eigenvalue weighted by Gasteiger charge is -2.36. The number of carbonyl (C=O) groups excluding carboxylic acids is 2. The standard InChI is InChI=1S/C15H21N3O2/c1-11-6-2-3-8-13(11)14(19)18-9-5-4-7-12(18)10-17-15(16)20/h2-3,6,8,12H,4-5,7,9-10H2,1H3,(H3,16,17,20). The molecule has 20 heavy (non-hydrogen) atoms. The van der Waals surface area contributed by atoms with Gasteiger partial charge in [-0.05, 0) is 37.8 Å². The van der Waals surface area contributed by atoms with Gasteiger partial charge in [0.05, 0.1) is 0 Å². The number of carbonyl (C=O) groups is 2.